The van der Waals surface area contributed by atoms with Crippen LogP contribution in [0.3, 0.4) is 0 Å². The minimum Gasteiger partial charge on any atom is -0.491 e. The molecule has 3 aromatic rings. The highest BCUT2D eigenvalue weighted by Gasteiger charge is 2.33. The summed E-state index contributed by atoms with van der Waals surface area (Å²) >= 11 is 0. The molecule has 0 fully saturated rings. The van der Waals surface area contributed by atoms with Crippen LogP contribution >= 0.6 is 0 Å². The molecule has 1 aromatic heterocycles. The number of carbonyl (C=O) groups is 2. The molecule has 0 spiro atoms. The van der Waals surface area contributed by atoms with Crippen LogP contribution < -0.4 is 20.7 Å². The molecule has 1 heterocycles. The van der Waals surface area contributed by atoms with Gasteiger partial charge in [0.1, 0.15) is 11.4 Å². The number of nitrogens with two attached hydrogens (primary N) is 1. The van der Waals surface area contributed by atoms with E-state index in [-0.39, 0.29) is 35.6 Å². The predicted octanol–water partition coefficient (Wildman–Crippen LogP) is 3.89. The number of anilines is 1. The van der Waals surface area contributed by atoms with Gasteiger partial charge in [-0.3, -0.25) is 14.6 Å². The van der Waals surface area contributed by atoms with Gasteiger partial charge in [0, 0.05) is 49.2 Å². The summed E-state index contributed by atoms with van der Waals surface area (Å²) in [5.74, 6) is -0.194. The largest absolute Gasteiger partial charge is 0.491 e. The molecule has 0 atom stereocenters. The van der Waals surface area contributed by atoms with Gasteiger partial charge in [0.2, 0.25) is 5.91 Å². The van der Waals surface area contributed by atoms with Crippen molar-refractivity contribution in [2.75, 3.05) is 31.6 Å². The molecule has 2 amide bonds. The molecule has 37 heavy (non-hydrogen) atoms. The first-order valence-corrected chi connectivity index (χ1v) is 11.3. The normalized spacial score (nSPS) is 11.1. The molecule has 0 unspecified atom stereocenters. The number of amides is 2. The quantitative estimate of drug-likeness (QED) is 0.355. The molecule has 0 aliphatic rings. The molecule has 0 aliphatic heterocycles. The Morgan fingerprint density at radius 2 is 1.92 bits per heavy atom. The molecule has 194 valence electrons. The van der Waals surface area contributed by atoms with Crippen molar-refractivity contribution in [1.82, 2.24) is 10.3 Å². The third kappa shape index (κ3) is 6.91. The Kier molecular flexibility index (Phi) is 8.96. The predicted molar refractivity (Wildman–Crippen MR) is 134 cm³/mol. The number of hydrogen-bond acceptors (Lipinski definition) is 6. The molecule has 0 aliphatic carbocycles. The fourth-order valence-electron chi connectivity index (χ4n) is 3.52. The highest BCUT2D eigenvalue weighted by atomic mass is 19.4. The van der Waals surface area contributed by atoms with E-state index in [2.05, 4.69) is 10.3 Å². The number of halogens is 3. The first kappa shape index (κ1) is 27.3. The summed E-state index contributed by atoms with van der Waals surface area (Å²) < 4.78 is 44.9. The molecule has 8 nitrogen and oxygen atoms in total. The van der Waals surface area contributed by atoms with E-state index in [1.165, 1.54) is 11.0 Å². The number of ether oxygens (including phenoxy) is 1. The van der Waals surface area contributed by atoms with Crippen LogP contribution in [-0.2, 0) is 11.0 Å². The number of para-hydroxylation sites is 2. The monoisotopic (exact) mass is 513 g/mol. The number of benzene rings is 2. The van der Waals surface area contributed by atoms with Gasteiger partial charge in [-0.15, -0.1) is 0 Å². The Labute approximate surface area is 211 Å². The van der Waals surface area contributed by atoms with Crippen LogP contribution in [0.2, 0.25) is 0 Å². The average molecular weight is 514 g/mol. The molecule has 3 rings (SSSR count). The smallest absolute Gasteiger partial charge is 0.433 e. The number of carbonyl (C=O) groups excluding carboxylic acids is 2. The molecule has 11 heteroatoms. The van der Waals surface area contributed by atoms with Crippen LogP contribution in [-0.4, -0.2) is 49.8 Å². The van der Waals surface area contributed by atoms with Gasteiger partial charge in [-0.2, -0.15) is 13.2 Å². The second-order valence-corrected chi connectivity index (χ2v) is 7.95. The van der Waals surface area contributed by atoms with Gasteiger partial charge in [-0.1, -0.05) is 24.3 Å². The van der Waals surface area contributed by atoms with Gasteiger partial charge in [0.25, 0.3) is 5.91 Å². The number of nitrogens with one attached hydrogen (secondary N) is 2. The van der Waals surface area contributed by atoms with Crippen LogP contribution in [0, 0.1) is 5.41 Å². The van der Waals surface area contributed by atoms with Crippen molar-refractivity contribution in [3.63, 3.8) is 0 Å². The third-order valence-electron chi connectivity index (χ3n) is 5.39. The van der Waals surface area contributed by atoms with Crippen molar-refractivity contribution < 1.29 is 27.5 Å². The second kappa shape index (κ2) is 12.1. The van der Waals surface area contributed by atoms with E-state index in [4.69, 9.17) is 15.9 Å². The van der Waals surface area contributed by atoms with Gasteiger partial charge in [-0.25, -0.2) is 0 Å². The number of hydrogen-bond donors (Lipinski definition) is 3. The molecule has 0 saturated carbocycles. The number of nitrogens with zero attached hydrogens (tertiary/aromatic N) is 2. The van der Waals surface area contributed by atoms with Gasteiger partial charge < -0.3 is 26.1 Å². The lowest BCUT2D eigenvalue weighted by atomic mass is 9.99. The SMILES string of the molecule is CN(C(=O)c1cccc(-c2cnc(C(F)(F)F)cc2C=N)c1)c1ccccc1OCCC(=O)NCCN. The standard InChI is InChI=1S/C26H26F3N5O3/c1-34(21-7-2-3-8-22(21)37-12-9-24(35)32-11-10-30)25(36)18-6-4-5-17(13-18)20-16-33-23(26(27,28)29)14-19(20)15-31/h2-8,13-16,31H,9-12,30H2,1H3,(H,32,35). The fourth-order valence-corrected chi connectivity index (χ4v) is 3.52. The van der Waals surface area contributed by atoms with Crippen molar-refractivity contribution in [2.45, 2.75) is 12.6 Å². The minimum atomic E-state index is -4.64. The summed E-state index contributed by atoms with van der Waals surface area (Å²) in [4.78, 5) is 30.0. The molecule has 4 N–H and O–H groups in total. The Balaban J connectivity index is 1.81. The van der Waals surface area contributed by atoms with E-state index in [0.717, 1.165) is 18.5 Å². The van der Waals surface area contributed by atoms with Gasteiger partial charge in [-0.05, 0) is 35.9 Å². The Morgan fingerprint density at radius 1 is 1.16 bits per heavy atom. The molecule has 2 aromatic carbocycles. The summed E-state index contributed by atoms with van der Waals surface area (Å²) in [7, 11) is 1.56. The van der Waals surface area contributed by atoms with Crippen LogP contribution in [0.4, 0.5) is 18.9 Å². The number of rotatable bonds is 10. The van der Waals surface area contributed by atoms with Crippen LogP contribution in [0.5, 0.6) is 5.75 Å². The molecule has 0 radical (unpaired) electrons. The highest BCUT2D eigenvalue weighted by Crippen LogP contribution is 2.32. The van der Waals surface area contributed by atoms with Crippen LogP contribution in [0.25, 0.3) is 11.1 Å². The second-order valence-electron chi connectivity index (χ2n) is 7.95. The summed E-state index contributed by atoms with van der Waals surface area (Å²) in [5, 5.41) is 10.2. The van der Waals surface area contributed by atoms with Crippen molar-refractivity contribution >= 4 is 23.7 Å². The number of pyridine rings is 1. The van der Waals surface area contributed by atoms with Crippen LogP contribution in [0.15, 0.2) is 60.8 Å². The van der Waals surface area contributed by atoms with E-state index >= 15 is 0 Å². The van der Waals surface area contributed by atoms with E-state index in [9.17, 15) is 22.8 Å². The number of alkyl halides is 3. The maximum Gasteiger partial charge on any atom is 0.433 e. The summed E-state index contributed by atoms with van der Waals surface area (Å²) in [6.45, 7) is 0.801. The Morgan fingerprint density at radius 3 is 2.62 bits per heavy atom. The lowest BCUT2D eigenvalue weighted by molar-refractivity contribution is -0.141. The summed E-state index contributed by atoms with van der Waals surface area (Å²) in [6.07, 6.45) is -2.66. The van der Waals surface area contributed by atoms with Crippen molar-refractivity contribution in [1.29, 1.82) is 5.41 Å². The van der Waals surface area contributed by atoms with Gasteiger partial charge >= 0.3 is 6.18 Å². The minimum absolute atomic E-state index is 0.0227. The number of aromatic nitrogens is 1. The van der Waals surface area contributed by atoms with E-state index in [1.807, 2.05) is 0 Å². The maximum absolute atomic E-state index is 13.3. The average Bonchev–Trinajstić information content (AvgIpc) is 2.90. The van der Waals surface area contributed by atoms with Gasteiger partial charge in [0.05, 0.1) is 18.7 Å². The van der Waals surface area contributed by atoms with E-state index < -0.39 is 17.8 Å². The first-order valence-electron chi connectivity index (χ1n) is 11.3. The Hall–Kier alpha value is -4.25. The fraction of sp³-hybridized carbons (Fsp3) is 0.231. The lowest BCUT2D eigenvalue weighted by Crippen LogP contribution is -2.30. The van der Waals surface area contributed by atoms with E-state index in [0.29, 0.717) is 30.1 Å². The third-order valence-corrected chi connectivity index (χ3v) is 5.39. The zero-order chi connectivity index (χ0) is 27.0. The van der Waals surface area contributed by atoms with Crippen molar-refractivity contribution in [3.8, 4) is 16.9 Å². The van der Waals surface area contributed by atoms with Gasteiger partial charge in [0.15, 0.2) is 0 Å². The lowest BCUT2D eigenvalue weighted by Gasteiger charge is -2.21. The molecular weight excluding hydrogens is 487 g/mol. The van der Waals surface area contributed by atoms with Crippen molar-refractivity contribution in [3.05, 3.63) is 77.6 Å². The topological polar surface area (TPSA) is 121 Å². The van der Waals surface area contributed by atoms with E-state index in [1.54, 1.807) is 49.5 Å². The van der Waals surface area contributed by atoms with Crippen molar-refractivity contribution in [2.24, 2.45) is 5.73 Å². The summed E-state index contributed by atoms with van der Waals surface area (Å²) in [6, 6.07) is 14.0. The summed E-state index contributed by atoms with van der Waals surface area (Å²) in [5.41, 5.74) is 5.75. The highest BCUT2D eigenvalue weighted by molar-refractivity contribution is 6.07. The molecule has 0 saturated heterocycles. The zero-order valence-corrected chi connectivity index (χ0v) is 20.0. The molecule has 0 bridgehead atoms. The first-order chi connectivity index (χ1) is 17.7. The maximum atomic E-state index is 13.3. The van der Waals surface area contributed by atoms with Crippen LogP contribution in [0.1, 0.15) is 28.0 Å². The Bertz CT molecular complexity index is 1280. The zero-order valence-electron chi connectivity index (χ0n) is 20.0. The molecular formula is C26H26F3N5O3.